The number of carbonyl (C=O) groups is 1. The number of hydrogen-bond donors (Lipinski definition) is 1. The van der Waals surface area contributed by atoms with Crippen molar-refractivity contribution in [3.05, 3.63) is 29.8 Å². The number of ether oxygens (including phenoxy) is 3. The first-order chi connectivity index (χ1) is 13.4. The van der Waals surface area contributed by atoms with Crippen LogP contribution in [0.1, 0.15) is 24.2 Å². The molecule has 1 fully saturated rings. The summed E-state index contributed by atoms with van der Waals surface area (Å²) in [6, 6.07) is 7.11. The second-order valence-corrected chi connectivity index (χ2v) is 7.54. The van der Waals surface area contributed by atoms with Crippen molar-refractivity contribution >= 4 is 5.91 Å². The fourth-order valence-corrected chi connectivity index (χ4v) is 3.17. The van der Waals surface area contributed by atoms with Gasteiger partial charge in [-0.2, -0.15) is 0 Å². The molecule has 158 valence electrons. The Kier molecular flexibility index (Phi) is 9.18. The third-order valence-corrected chi connectivity index (χ3v) is 5.05. The molecule has 7 heteroatoms. The quantitative estimate of drug-likeness (QED) is 0.649. The number of nitrogens with zero attached hydrogens (tertiary/aromatic N) is 2. The average Bonchev–Trinajstić information content (AvgIpc) is 2.70. The lowest BCUT2D eigenvalue weighted by atomic mass is 10.1. The molecule has 0 bridgehead atoms. The van der Waals surface area contributed by atoms with Gasteiger partial charge in [0.1, 0.15) is 5.75 Å². The van der Waals surface area contributed by atoms with Gasteiger partial charge in [0, 0.05) is 45.4 Å². The molecule has 1 heterocycles. The van der Waals surface area contributed by atoms with E-state index >= 15 is 0 Å². The summed E-state index contributed by atoms with van der Waals surface area (Å²) in [6.07, 6.45) is -0.448. The van der Waals surface area contributed by atoms with Crippen molar-refractivity contribution < 1.29 is 24.1 Å². The summed E-state index contributed by atoms with van der Waals surface area (Å²) in [7, 11) is 3.23. The number of aliphatic hydroxyl groups is 1. The number of hydrogen-bond acceptors (Lipinski definition) is 6. The number of morpholine rings is 1. The molecule has 1 aliphatic rings. The van der Waals surface area contributed by atoms with Crippen molar-refractivity contribution in [1.29, 1.82) is 0 Å². The van der Waals surface area contributed by atoms with Gasteiger partial charge >= 0.3 is 0 Å². The second-order valence-electron chi connectivity index (χ2n) is 7.54. The van der Waals surface area contributed by atoms with E-state index in [1.165, 1.54) is 0 Å². The fourth-order valence-electron chi connectivity index (χ4n) is 3.17. The Morgan fingerprint density at radius 2 is 2.04 bits per heavy atom. The van der Waals surface area contributed by atoms with Crippen LogP contribution in [0.3, 0.4) is 0 Å². The molecule has 0 radical (unpaired) electrons. The molecular weight excluding hydrogens is 360 g/mol. The molecule has 7 nitrogen and oxygen atoms in total. The van der Waals surface area contributed by atoms with Gasteiger partial charge in [0.2, 0.25) is 0 Å². The van der Waals surface area contributed by atoms with E-state index in [2.05, 4.69) is 4.90 Å². The van der Waals surface area contributed by atoms with Gasteiger partial charge in [-0.25, -0.2) is 0 Å². The van der Waals surface area contributed by atoms with Crippen LogP contribution in [0.2, 0.25) is 0 Å². The first-order valence-electron chi connectivity index (χ1n) is 9.88. The van der Waals surface area contributed by atoms with Gasteiger partial charge in [-0.1, -0.05) is 13.8 Å². The van der Waals surface area contributed by atoms with E-state index in [4.69, 9.17) is 14.2 Å². The van der Waals surface area contributed by atoms with Crippen molar-refractivity contribution in [1.82, 2.24) is 9.80 Å². The third kappa shape index (κ3) is 6.74. The van der Waals surface area contributed by atoms with Crippen LogP contribution in [0, 0.1) is 5.92 Å². The first kappa shape index (κ1) is 22.6. The highest BCUT2D eigenvalue weighted by Crippen LogP contribution is 2.15. The molecule has 1 N–H and O–H groups in total. The lowest BCUT2D eigenvalue weighted by Crippen LogP contribution is -2.51. The van der Waals surface area contributed by atoms with Gasteiger partial charge in [-0.05, 0) is 30.2 Å². The van der Waals surface area contributed by atoms with Crippen molar-refractivity contribution in [2.75, 3.05) is 60.2 Å². The van der Waals surface area contributed by atoms with Crippen molar-refractivity contribution in [2.24, 2.45) is 5.92 Å². The van der Waals surface area contributed by atoms with Gasteiger partial charge in [-0.15, -0.1) is 0 Å². The summed E-state index contributed by atoms with van der Waals surface area (Å²) in [5.41, 5.74) is 0.611. The molecule has 28 heavy (non-hydrogen) atoms. The Balaban J connectivity index is 2.00. The highest BCUT2D eigenvalue weighted by molar-refractivity contribution is 5.94. The maximum Gasteiger partial charge on any atom is 0.254 e. The predicted molar refractivity (Wildman–Crippen MR) is 108 cm³/mol. The van der Waals surface area contributed by atoms with Gasteiger partial charge in [0.15, 0.2) is 0 Å². The van der Waals surface area contributed by atoms with E-state index in [1.807, 2.05) is 13.8 Å². The molecule has 1 aromatic rings. The van der Waals surface area contributed by atoms with E-state index in [1.54, 1.807) is 43.4 Å². The van der Waals surface area contributed by atoms with Crippen LogP contribution < -0.4 is 4.74 Å². The molecule has 1 aliphatic heterocycles. The van der Waals surface area contributed by atoms with Crippen LogP contribution in [0.4, 0.5) is 0 Å². The van der Waals surface area contributed by atoms with Crippen LogP contribution in [0.25, 0.3) is 0 Å². The van der Waals surface area contributed by atoms with Gasteiger partial charge in [0.05, 0.1) is 32.5 Å². The highest BCUT2D eigenvalue weighted by Gasteiger charge is 2.27. The van der Waals surface area contributed by atoms with E-state index < -0.39 is 0 Å². The lowest BCUT2D eigenvalue weighted by molar-refractivity contribution is -0.0551. The van der Waals surface area contributed by atoms with Crippen molar-refractivity contribution in [3.8, 4) is 5.75 Å². The normalized spacial score (nSPS) is 18.9. The number of aliphatic hydroxyl groups excluding tert-OH is 1. The molecule has 0 aliphatic carbocycles. The zero-order valence-corrected chi connectivity index (χ0v) is 17.5. The minimum atomic E-state index is -0.357. The summed E-state index contributed by atoms with van der Waals surface area (Å²) in [5.74, 6) is 0.883. The first-order valence-corrected chi connectivity index (χ1v) is 9.88. The molecule has 2 atom stereocenters. The van der Waals surface area contributed by atoms with Crippen LogP contribution in [0.5, 0.6) is 5.75 Å². The molecule has 1 aromatic carbocycles. The molecule has 0 saturated carbocycles. The second kappa shape index (κ2) is 11.4. The monoisotopic (exact) mass is 394 g/mol. The van der Waals surface area contributed by atoms with Crippen molar-refractivity contribution in [3.63, 3.8) is 0 Å². The molecule has 1 amide bonds. The lowest BCUT2D eigenvalue weighted by Gasteiger charge is -2.37. The number of amides is 1. The Bertz CT molecular complexity index is 593. The average molecular weight is 395 g/mol. The Labute approximate surface area is 168 Å². The maximum atomic E-state index is 13.0. The van der Waals surface area contributed by atoms with E-state index in [9.17, 15) is 9.90 Å². The van der Waals surface area contributed by atoms with Crippen LogP contribution >= 0.6 is 0 Å². The third-order valence-electron chi connectivity index (χ3n) is 5.05. The van der Waals surface area contributed by atoms with Crippen LogP contribution in [-0.2, 0) is 9.47 Å². The number of methoxy groups -OCH3 is 2. The number of carbonyl (C=O) groups excluding carboxylic acids is 1. The summed E-state index contributed by atoms with van der Waals surface area (Å²) in [4.78, 5) is 17.0. The minimum absolute atomic E-state index is 0.0531. The van der Waals surface area contributed by atoms with Crippen LogP contribution in [-0.4, -0.2) is 93.2 Å². The van der Waals surface area contributed by atoms with Gasteiger partial charge in [0.25, 0.3) is 5.91 Å². The molecule has 2 unspecified atom stereocenters. The summed E-state index contributed by atoms with van der Waals surface area (Å²) in [5, 5.41) is 10.2. The van der Waals surface area contributed by atoms with Crippen molar-refractivity contribution in [2.45, 2.75) is 26.1 Å². The maximum absolute atomic E-state index is 13.0. The highest BCUT2D eigenvalue weighted by atomic mass is 16.5. The predicted octanol–water partition coefficient (Wildman–Crippen LogP) is 1.50. The Morgan fingerprint density at radius 1 is 1.32 bits per heavy atom. The molecule has 0 aromatic heterocycles. The topological polar surface area (TPSA) is 71.5 Å². The van der Waals surface area contributed by atoms with E-state index in [0.29, 0.717) is 45.0 Å². The molecule has 1 saturated heterocycles. The Hall–Kier alpha value is -1.67. The number of β-amino-alcohol motifs (C(OH)–C–C–N with tert-alkyl or cyclic N) is 1. The number of benzene rings is 1. The van der Waals surface area contributed by atoms with E-state index in [-0.39, 0.29) is 24.0 Å². The largest absolute Gasteiger partial charge is 0.497 e. The SMILES string of the molecule is COCCN(CC1CN(CC(O)C(C)C)CCO1)C(=O)c1ccc(OC)cc1. The summed E-state index contributed by atoms with van der Waals surface area (Å²) >= 11 is 0. The standard InChI is InChI=1S/C21H34N2O5/c1-16(2)20(24)15-22-9-12-28-19(13-22)14-23(10-11-26-3)21(25)17-5-7-18(27-4)8-6-17/h5-8,16,19-20,24H,9-15H2,1-4H3. The molecule has 0 spiro atoms. The zero-order chi connectivity index (χ0) is 20.5. The summed E-state index contributed by atoms with van der Waals surface area (Å²) < 4.78 is 16.3. The molecule has 2 rings (SSSR count). The zero-order valence-electron chi connectivity index (χ0n) is 17.5. The number of rotatable bonds is 10. The summed E-state index contributed by atoms with van der Waals surface area (Å²) in [6.45, 7) is 8.20. The van der Waals surface area contributed by atoms with Gasteiger partial charge < -0.3 is 24.2 Å². The minimum Gasteiger partial charge on any atom is -0.497 e. The van der Waals surface area contributed by atoms with E-state index in [0.717, 1.165) is 12.3 Å². The fraction of sp³-hybridized carbons (Fsp3) is 0.667. The molecular formula is C21H34N2O5. The van der Waals surface area contributed by atoms with Crippen LogP contribution in [0.15, 0.2) is 24.3 Å². The Morgan fingerprint density at radius 3 is 2.64 bits per heavy atom. The smallest absolute Gasteiger partial charge is 0.254 e. The van der Waals surface area contributed by atoms with Gasteiger partial charge in [-0.3, -0.25) is 9.69 Å².